The van der Waals surface area contributed by atoms with Crippen LogP contribution in [0.2, 0.25) is 5.02 Å². The van der Waals surface area contributed by atoms with Gasteiger partial charge in [0.05, 0.1) is 17.4 Å². The van der Waals surface area contributed by atoms with Gasteiger partial charge in [0.1, 0.15) is 0 Å². The summed E-state index contributed by atoms with van der Waals surface area (Å²) >= 11 is 6.16. The van der Waals surface area contributed by atoms with Gasteiger partial charge in [-0.2, -0.15) is 0 Å². The third kappa shape index (κ3) is 1.78. The van der Waals surface area contributed by atoms with Gasteiger partial charge in [0.15, 0.2) is 0 Å². The third-order valence-corrected chi connectivity index (χ3v) is 4.00. The lowest BCUT2D eigenvalue weighted by atomic mass is 10.0. The number of likely N-dealkylation sites (N-methyl/N-ethyl adjacent to an activating group) is 1. The van der Waals surface area contributed by atoms with Crippen LogP contribution in [0.3, 0.4) is 0 Å². The van der Waals surface area contributed by atoms with Gasteiger partial charge in [0.25, 0.3) is 0 Å². The van der Waals surface area contributed by atoms with Crippen LogP contribution in [0.5, 0.6) is 0 Å². The number of benzene rings is 1. The maximum absolute atomic E-state index is 6.16. The molecule has 1 aromatic carbocycles. The van der Waals surface area contributed by atoms with Crippen molar-refractivity contribution in [3.8, 4) is 0 Å². The minimum Gasteiger partial charge on any atom is -0.371 e. The van der Waals surface area contributed by atoms with E-state index in [0.717, 1.165) is 31.2 Å². The summed E-state index contributed by atoms with van der Waals surface area (Å²) in [6, 6.07) is 4.74. The van der Waals surface area contributed by atoms with E-state index in [4.69, 9.17) is 11.6 Å². The topological polar surface area (TPSA) is 18.5 Å². The standard InChI is InChI=1S/C13H18ClN3/c1-9-5-10(14)6-12-13(9)17-4-3-15-7-11(17)8-16(12)2/h5-6,11,15H,3-4,7-8H2,1-2H3. The van der Waals surface area contributed by atoms with Crippen LogP contribution in [0.4, 0.5) is 11.4 Å². The molecule has 0 spiro atoms. The van der Waals surface area contributed by atoms with E-state index in [0.29, 0.717) is 6.04 Å². The van der Waals surface area contributed by atoms with E-state index >= 15 is 0 Å². The van der Waals surface area contributed by atoms with Gasteiger partial charge in [-0.15, -0.1) is 0 Å². The monoisotopic (exact) mass is 251 g/mol. The smallest absolute Gasteiger partial charge is 0.0638 e. The Morgan fingerprint density at radius 3 is 3.06 bits per heavy atom. The van der Waals surface area contributed by atoms with Gasteiger partial charge in [0, 0.05) is 38.2 Å². The molecule has 0 amide bonds. The lowest BCUT2D eigenvalue weighted by Crippen LogP contribution is -2.58. The molecule has 0 bridgehead atoms. The molecule has 1 saturated heterocycles. The molecule has 1 fully saturated rings. The molecular weight excluding hydrogens is 234 g/mol. The fourth-order valence-electron chi connectivity index (χ4n) is 3.02. The number of piperazine rings is 1. The van der Waals surface area contributed by atoms with Crippen LogP contribution < -0.4 is 15.1 Å². The number of halogens is 1. The van der Waals surface area contributed by atoms with Crippen molar-refractivity contribution in [2.24, 2.45) is 0 Å². The first kappa shape index (κ1) is 11.2. The average molecular weight is 252 g/mol. The van der Waals surface area contributed by atoms with Crippen LogP contribution in [-0.4, -0.2) is 39.3 Å². The Bertz CT molecular complexity index is 447. The number of anilines is 2. The van der Waals surface area contributed by atoms with Crippen molar-refractivity contribution in [1.82, 2.24) is 5.32 Å². The van der Waals surface area contributed by atoms with Crippen LogP contribution >= 0.6 is 11.6 Å². The number of hydrogen-bond acceptors (Lipinski definition) is 3. The summed E-state index contributed by atoms with van der Waals surface area (Å²) in [7, 11) is 2.15. The van der Waals surface area contributed by atoms with Gasteiger partial charge >= 0.3 is 0 Å². The first-order valence-electron chi connectivity index (χ1n) is 6.15. The SMILES string of the molecule is Cc1cc(Cl)cc2c1N1CCNCC1CN2C. The van der Waals surface area contributed by atoms with Crippen molar-refractivity contribution in [1.29, 1.82) is 0 Å². The largest absolute Gasteiger partial charge is 0.371 e. The summed E-state index contributed by atoms with van der Waals surface area (Å²) in [6.45, 7) is 6.46. The van der Waals surface area contributed by atoms with Gasteiger partial charge in [-0.25, -0.2) is 0 Å². The molecule has 2 heterocycles. The summed E-state index contributed by atoms with van der Waals surface area (Å²) in [5.74, 6) is 0. The highest BCUT2D eigenvalue weighted by Gasteiger charge is 2.32. The summed E-state index contributed by atoms with van der Waals surface area (Å²) in [6.07, 6.45) is 0. The Kier molecular flexibility index (Phi) is 2.68. The molecule has 0 aliphatic carbocycles. The van der Waals surface area contributed by atoms with E-state index in [-0.39, 0.29) is 0 Å². The molecule has 0 radical (unpaired) electrons. The normalized spacial score (nSPS) is 23.4. The molecule has 1 N–H and O–H groups in total. The van der Waals surface area contributed by atoms with Gasteiger partial charge in [-0.3, -0.25) is 0 Å². The van der Waals surface area contributed by atoms with E-state index in [1.54, 1.807) is 0 Å². The van der Waals surface area contributed by atoms with Crippen molar-refractivity contribution < 1.29 is 0 Å². The maximum atomic E-state index is 6.16. The molecule has 2 aliphatic heterocycles. The van der Waals surface area contributed by atoms with Crippen molar-refractivity contribution in [2.45, 2.75) is 13.0 Å². The lowest BCUT2D eigenvalue weighted by Gasteiger charge is -2.46. The fourth-order valence-corrected chi connectivity index (χ4v) is 3.28. The molecule has 2 aliphatic rings. The van der Waals surface area contributed by atoms with Gasteiger partial charge in [-0.05, 0) is 24.6 Å². The second-order valence-corrected chi connectivity index (χ2v) is 5.46. The van der Waals surface area contributed by atoms with Crippen LogP contribution in [0.1, 0.15) is 5.56 Å². The molecule has 3 rings (SSSR count). The van der Waals surface area contributed by atoms with Crippen molar-refractivity contribution in [2.75, 3.05) is 43.0 Å². The Morgan fingerprint density at radius 1 is 1.41 bits per heavy atom. The van der Waals surface area contributed by atoms with E-state index < -0.39 is 0 Å². The Morgan fingerprint density at radius 2 is 2.24 bits per heavy atom. The molecular formula is C13H18ClN3. The van der Waals surface area contributed by atoms with E-state index in [1.165, 1.54) is 16.9 Å². The van der Waals surface area contributed by atoms with E-state index in [9.17, 15) is 0 Å². The highest BCUT2D eigenvalue weighted by Crippen LogP contribution is 2.39. The average Bonchev–Trinajstić information content (AvgIpc) is 2.29. The third-order valence-electron chi connectivity index (χ3n) is 3.78. The molecule has 1 aromatic rings. The Labute approximate surface area is 107 Å². The molecule has 17 heavy (non-hydrogen) atoms. The highest BCUT2D eigenvalue weighted by atomic mass is 35.5. The quantitative estimate of drug-likeness (QED) is 0.760. The molecule has 1 unspecified atom stereocenters. The van der Waals surface area contributed by atoms with Gasteiger partial charge < -0.3 is 15.1 Å². The minimum atomic E-state index is 0.584. The zero-order valence-electron chi connectivity index (χ0n) is 10.3. The number of hydrogen-bond donors (Lipinski definition) is 1. The summed E-state index contributed by atoms with van der Waals surface area (Å²) in [5, 5.41) is 4.31. The van der Waals surface area contributed by atoms with Gasteiger partial charge in [0.2, 0.25) is 0 Å². The summed E-state index contributed by atoms with van der Waals surface area (Å²) < 4.78 is 0. The fraction of sp³-hybridized carbons (Fsp3) is 0.538. The molecule has 0 aromatic heterocycles. The van der Waals surface area contributed by atoms with Crippen molar-refractivity contribution >= 4 is 23.0 Å². The summed E-state index contributed by atoms with van der Waals surface area (Å²) in [4.78, 5) is 4.86. The van der Waals surface area contributed by atoms with Crippen LogP contribution in [0, 0.1) is 6.92 Å². The van der Waals surface area contributed by atoms with Crippen LogP contribution in [0.15, 0.2) is 12.1 Å². The first-order chi connectivity index (χ1) is 8.16. The zero-order chi connectivity index (χ0) is 12.0. The second-order valence-electron chi connectivity index (χ2n) is 5.02. The second kappa shape index (κ2) is 4.07. The Hall–Kier alpha value is -0.930. The first-order valence-corrected chi connectivity index (χ1v) is 6.53. The zero-order valence-corrected chi connectivity index (χ0v) is 11.1. The summed E-state index contributed by atoms with van der Waals surface area (Å²) in [5.41, 5.74) is 3.92. The predicted molar refractivity (Wildman–Crippen MR) is 73.5 cm³/mol. The number of fused-ring (bicyclic) bond motifs is 3. The predicted octanol–water partition coefficient (Wildman–Crippen LogP) is 1.88. The van der Waals surface area contributed by atoms with Crippen LogP contribution in [-0.2, 0) is 0 Å². The molecule has 92 valence electrons. The van der Waals surface area contributed by atoms with Crippen LogP contribution in [0.25, 0.3) is 0 Å². The molecule has 1 atom stereocenters. The highest BCUT2D eigenvalue weighted by molar-refractivity contribution is 6.31. The number of nitrogens with zero attached hydrogens (tertiary/aromatic N) is 2. The maximum Gasteiger partial charge on any atom is 0.0638 e. The minimum absolute atomic E-state index is 0.584. The number of rotatable bonds is 0. The van der Waals surface area contributed by atoms with Crippen molar-refractivity contribution in [3.05, 3.63) is 22.7 Å². The molecule has 0 saturated carbocycles. The lowest BCUT2D eigenvalue weighted by molar-refractivity contribution is 0.465. The molecule has 3 nitrogen and oxygen atoms in total. The molecule has 4 heteroatoms. The Balaban J connectivity index is 2.11. The van der Waals surface area contributed by atoms with Gasteiger partial charge in [-0.1, -0.05) is 11.6 Å². The van der Waals surface area contributed by atoms with E-state index in [2.05, 4.69) is 41.2 Å². The van der Waals surface area contributed by atoms with E-state index in [1.807, 2.05) is 0 Å². The van der Waals surface area contributed by atoms with Crippen molar-refractivity contribution in [3.63, 3.8) is 0 Å². The number of nitrogens with one attached hydrogen (secondary N) is 1. The number of aryl methyl sites for hydroxylation is 1.